The van der Waals surface area contributed by atoms with Gasteiger partial charge in [-0.15, -0.1) is 0 Å². The molecule has 0 unspecified atom stereocenters. The molecule has 2 N–H and O–H groups in total. The first-order chi connectivity index (χ1) is 15.3. The van der Waals surface area contributed by atoms with Crippen LogP contribution < -0.4 is 14.8 Å². The first kappa shape index (κ1) is 25.1. The average Bonchev–Trinajstić information content (AvgIpc) is 2.77. The highest BCUT2D eigenvalue weighted by atomic mass is 32.2. The number of hydrogen-bond acceptors (Lipinski definition) is 6. The van der Waals surface area contributed by atoms with Crippen molar-refractivity contribution in [1.82, 2.24) is 10.0 Å². The van der Waals surface area contributed by atoms with Crippen molar-refractivity contribution >= 4 is 16.3 Å². The van der Waals surface area contributed by atoms with Gasteiger partial charge in [0.05, 0.1) is 18.0 Å². The molecule has 1 aromatic rings. The van der Waals surface area contributed by atoms with Crippen LogP contribution in [0, 0.1) is 6.92 Å². The lowest BCUT2D eigenvalue weighted by molar-refractivity contribution is -0.109. The third kappa shape index (κ3) is 6.53. The molecule has 0 bridgehead atoms. The summed E-state index contributed by atoms with van der Waals surface area (Å²) >= 11 is 0. The normalized spacial score (nSPS) is 26.8. The van der Waals surface area contributed by atoms with Crippen molar-refractivity contribution in [3.8, 4) is 5.75 Å². The smallest absolute Gasteiger partial charge is 0.214 e. The number of piperidine rings is 1. The minimum absolute atomic E-state index is 0.00490. The molecule has 1 saturated heterocycles. The van der Waals surface area contributed by atoms with Crippen molar-refractivity contribution in [1.29, 1.82) is 0 Å². The van der Waals surface area contributed by atoms with E-state index in [1.807, 2.05) is 12.1 Å². The molecule has 0 spiro atoms. The third-order valence-corrected chi connectivity index (χ3v) is 8.58. The van der Waals surface area contributed by atoms with Crippen molar-refractivity contribution in [2.45, 2.75) is 88.7 Å². The third-order valence-electron chi connectivity index (χ3n) is 6.71. The van der Waals surface area contributed by atoms with Crippen molar-refractivity contribution in [3.05, 3.63) is 29.3 Å². The summed E-state index contributed by atoms with van der Waals surface area (Å²) in [6.07, 6.45) is 6.69. The Morgan fingerprint density at radius 3 is 2.62 bits per heavy atom. The summed E-state index contributed by atoms with van der Waals surface area (Å²) in [5.41, 5.74) is 2.41. The van der Waals surface area contributed by atoms with Gasteiger partial charge in [0.15, 0.2) is 6.29 Å². The van der Waals surface area contributed by atoms with Crippen molar-refractivity contribution in [3.63, 3.8) is 0 Å². The van der Waals surface area contributed by atoms with Gasteiger partial charge < -0.3 is 14.8 Å². The van der Waals surface area contributed by atoms with Crippen LogP contribution in [0.15, 0.2) is 18.2 Å². The Kier molecular flexibility index (Phi) is 9.11. The van der Waals surface area contributed by atoms with E-state index >= 15 is 0 Å². The molecule has 1 aliphatic carbocycles. The zero-order valence-electron chi connectivity index (χ0n) is 19.5. The molecule has 0 amide bonds. The molecule has 2 atom stereocenters. The quantitative estimate of drug-likeness (QED) is 0.515. The second kappa shape index (κ2) is 11.6. The van der Waals surface area contributed by atoms with Crippen LogP contribution in [-0.4, -0.2) is 57.9 Å². The maximum atomic E-state index is 12.3. The number of hydrogen-bond donors (Lipinski definition) is 2. The molecule has 1 heterocycles. The highest BCUT2D eigenvalue weighted by Gasteiger charge is 2.32. The summed E-state index contributed by atoms with van der Waals surface area (Å²) in [7, 11) is -3.31. The number of benzene rings is 1. The van der Waals surface area contributed by atoms with E-state index in [9.17, 15) is 13.2 Å². The number of aldehydes is 1. The zero-order valence-corrected chi connectivity index (χ0v) is 20.3. The topological polar surface area (TPSA) is 93.7 Å². The van der Waals surface area contributed by atoms with Gasteiger partial charge in [0.25, 0.3) is 0 Å². The van der Waals surface area contributed by atoms with E-state index in [1.54, 1.807) is 13.8 Å². The Hall–Kier alpha value is -1.48. The number of carbonyl (C=O) groups excluding carboxylic acids is 1. The number of nitrogens with one attached hydrogen (secondary N) is 2. The van der Waals surface area contributed by atoms with Crippen LogP contribution in [0.4, 0.5) is 0 Å². The van der Waals surface area contributed by atoms with Gasteiger partial charge in [-0.05, 0) is 83.4 Å². The summed E-state index contributed by atoms with van der Waals surface area (Å²) in [5, 5.41) is 3.00. The maximum absolute atomic E-state index is 12.3. The second-order valence-corrected chi connectivity index (χ2v) is 11.6. The molecule has 180 valence electrons. The van der Waals surface area contributed by atoms with E-state index in [4.69, 9.17) is 9.47 Å². The first-order valence-corrected chi connectivity index (χ1v) is 13.4. The van der Waals surface area contributed by atoms with Crippen molar-refractivity contribution in [2.75, 3.05) is 19.8 Å². The highest BCUT2D eigenvalue weighted by Crippen LogP contribution is 2.40. The number of carbonyl (C=O) groups is 1. The van der Waals surface area contributed by atoms with E-state index in [1.165, 1.54) is 11.1 Å². The highest BCUT2D eigenvalue weighted by molar-refractivity contribution is 7.90. The molecule has 1 aromatic carbocycles. The lowest BCUT2D eigenvalue weighted by Gasteiger charge is -2.36. The van der Waals surface area contributed by atoms with E-state index in [0.717, 1.165) is 57.1 Å². The van der Waals surface area contributed by atoms with Crippen LogP contribution in [-0.2, 0) is 19.6 Å². The summed E-state index contributed by atoms with van der Waals surface area (Å²) in [4.78, 5) is 10.7. The Labute approximate surface area is 192 Å². The summed E-state index contributed by atoms with van der Waals surface area (Å²) in [6.45, 7) is 6.97. The molecule has 0 aromatic heterocycles. The molecule has 0 radical (unpaired) electrons. The Balaban J connectivity index is 1.53. The molecular weight excluding hydrogens is 428 g/mol. The molecule has 1 aliphatic heterocycles. The molecular formula is C24H38N2O5S. The predicted molar refractivity (Wildman–Crippen MR) is 126 cm³/mol. The Morgan fingerprint density at radius 1 is 1.19 bits per heavy atom. The fourth-order valence-corrected chi connectivity index (χ4v) is 5.78. The van der Waals surface area contributed by atoms with Crippen LogP contribution in [0.1, 0.15) is 69.4 Å². The van der Waals surface area contributed by atoms with Crippen molar-refractivity contribution < 1.29 is 22.7 Å². The second-order valence-electron chi connectivity index (χ2n) is 9.29. The van der Waals surface area contributed by atoms with Gasteiger partial charge in [-0.2, -0.15) is 0 Å². The summed E-state index contributed by atoms with van der Waals surface area (Å²) in [6, 6.07) is 5.88. The van der Waals surface area contributed by atoms with E-state index < -0.39 is 15.3 Å². The number of ether oxygens (including phenoxy) is 2. The Bertz CT molecular complexity index is 850. The monoisotopic (exact) mass is 466 g/mol. The lowest BCUT2D eigenvalue weighted by Crippen LogP contribution is -2.56. The van der Waals surface area contributed by atoms with Crippen LogP contribution >= 0.6 is 0 Å². The van der Waals surface area contributed by atoms with Crippen LogP contribution in [0.25, 0.3) is 0 Å². The van der Waals surface area contributed by atoms with Gasteiger partial charge in [0, 0.05) is 17.6 Å². The summed E-state index contributed by atoms with van der Waals surface area (Å²) < 4.78 is 39.5. The zero-order chi connectivity index (χ0) is 23.1. The fraction of sp³-hybridized carbons (Fsp3) is 0.708. The fourth-order valence-electron chi connectivity index (χ4n) is 4.80. The van der Waals surface area contributed by atoms with Gasteiger partial charge >= 0.3 is 0 Å². The standard InChI is InChI=1S/C24H38N2O5S/c1-17(2)32(28,29)26-21-7-5-13-25-22(21)16-31-20-11-9-19(10-12-20)24-18(3)6-4-8-23(24)30-15-14-27/h4,6,8,14,17,19-22,25-26H,5,7,9-13,15-16H2,1-3H3/t19-,20+,21-,22-/m0/s1. The molecule has 3 rings (SSSR count). The van der Waals surface area contributed by atoms with Crippen LogP contribution in [0.3, 0.4) is 0 Å². The van der Waals surface area contributed by atoms with Crippen LogP contribution in [0.2, 0.25) is 0 Å². The number of aryl methyl sites for hydroxylation is 1. The molecule has 1 saturated carbocycles. The average molecular weight is 467 g/mol. The van der Waals surface area contributed by atoms with Gasteiger partial charge in [-0.1, -0.05) is 12.1 Å². The Morgan fingerprint density at radius 2 is 1.94 bits per heavy atom. The molecule has 2 aliphatic rings. The molecule has 2 fully saturated rings. The largest absolute Gasteiger partial charge is 0.486 e. The van der Waals surface area contributed by atoms with E-state index in [2.05, 4.69) is 23.0 Å². The summed E-state index contributed by atoms with van der Waals surface area (Å²) in [5.74, 6) is 1.21. The SMILES string of the molecule is Cc1cccc(OCC=O)c1[C@H]1CC[C@@H](OC[C@@H]2NCCC[C@@H]2NS(=O)(=O)C(C)C)CC1. The van der Waals surface area contributed by atoms with Gasteiger partial charge in [0.1, 0.15) is 12.4 Å². The first-order valence-electron chi connectivity index (χ1n) is 11.8. The molecule has 32 heavy (non-hydrogen) atoms. The molecule has 8 heteroatoms. The van der Waals surface area contributed by atoms with E-state index in [0.29, 0.717) is 12.5 Å². The van der Waals surface area contributed by atoms with Gasteiger partial charge in [-0.25, -0.2) is 13.1 Å². The van der Waals surface area contributed by atoms with Crippen LogP contribution in [0.5, 0.6) is 5.75 Å². The number of sulfonamides is 1. The maximum Gasteiger partial charge on any atom is 0.214 e. The van der Waals surface area contributed by atoms with E-state index in [-0.39, 0.29) is 24.8 Å². The van der Waals surface area contributed by atoms with Gasteiger partial charge in [0.2, 0.25) is 10.0 Å². The molecule has 7 nitrogen and oxygen atoms in total. The lowest BCUT2D eigenvalue weighted by atomic mass is 9.80. The van der Waals surface area contributed by atoms with Gasteiger partial charge in [-0.3, -0.25) is 4.79 Å². The van der Waals surface area contributed by atoms with Crippen molar-refractivity contribution in [2.24, 2.45) is 0 Å². The minimum Gasteiger partial charge on any atom is -0.486 e. The predicted octanol–water partition coefficient (Wildman–Crippen LogP) is 3.06. The number of rotatable bonds is 10. The minimum atomic E-state index is -3.31.